The predicted molar refractivity (Wildman–Crippen MR) is 54.1 cm³/mol. The molecule has 0 aliphatic rings. The fourth-order valence-electron chi connectivity index (χ4n) is 0.767. The minimum absolute atomic E-state index is 0.221. The molecule has 1 N–H and O–H groups in total. The molecule has 1 rings (SSSR count). The molecule has 6 heteroatoms. The summed E-state index contributed by atoms with van der Waals surface area (Å²) in [5, 5.41) is 10.1. The van der Waals surface area contributed by atoms with Gasteiger partial charge in [0.2, 0.25) is 5.91 Å². The first-order chi connectivity index (χ1) is 6.63. The Bertz CT molecular complexity index is 368. The van der Waals surface area contributed by atoms with Gasteiger partial charge >= 0.3 is 0 Å². The van der Waals surface area contributed by atoms with Gasteiger partial charge in [0.1, 0.15) is 0 Å². The molecular weight excluding hydrogens is 225 g/mol. The van der Waals surface area contributed by atoms with Crippen molar-refractivity contribution in [2.45, 2.75) is 6.54 Å². The Hall–Kier alpha value is -1.13. The molecule has 4 nitrogen and oxygen atoms in total. The van der Waals surface area contributed by atoms with Gasteiger partial charge in [0.15, 0.2) is 10.3 Å². The van der Waals surface area contributed by atoms with E-state index in [9.17, 15) is 4.79 Å². The summed E-state index contributed by atoms with van der Waals surface area (Å²) < 4.78 is 0. The topological polar surface area (TPSA) is 54.9 Å². The van der Waals surface area contributed by atoms with Gasteiger partial charge in [-0.3, -0.25) is 4.79 Å². The lowest BCUT2D eigenvalue weighted by Gasteiger charge is -2.03. The van der Waals surface area contributed by atoms with Gasteiger partial charge in [-0.15, -0.1) is 10.2 Å². The zero-order valence-electron chi connectivity index (χ0n) is 7.13. The molecule has 1 aromatic rings. The van der Waals surface area contributed by atoms with Crippen molar-refractivity contribution in [2.24, 2.45) is 0 Å². The molecule has 0 radical (unpaired) electrons. The Balaban J connectivity index is 2.71. The van der Waals surface area contributed by atoms with Gasteiger partial charge in [-0.05, 0) is 12.1 Å². The zero-order chi connectivity index (χ0) is 10.6. The molecule has 0 spiro atoms. The third-order valence-electron chi connectivity index (χ3n) is 1.43. The summed E-state index contributed by atoms with van der Waals surface area (Å²) in [4.78, 5) is 10.8. The number of hydrogen-bond acceptors (Lipinski definition) is 3. The molecular formula is C8H7Cl2N3O. The van der Waals surface area contributed by atoms with E-state index in [1.54, 1.807) is 6.07 Å². The molecule has 0 saturated carbocycles. The summed E-state index contributed by atoms with van der Waals surface area (Å²) in [7, 11) is 0. The molecule has 74 valence electrons. The minimum atomic E-state index is -0.283. The molecule has 0 bridgehead atoms. The van der Waals surface area contributed by atoms with Crippen LogP contribution in [0.15, 0.2) is 18.7 Å². The van der Waals surface area contributed by atoms with Crippen LogP contribution in [0.2, 0.25) is 10.3 Å². The van der Waals surface area contributed by atoms with E-state index in [4.69, 9.17) is 23.2 Å². The van der Waals surface area contributed by atoms with Crippen LogP contribution in [0.5, 0.6) is 0 Å². The molecule has 0 aliphatic heterocycles. The van der Waals surface area contributed by atoms with E-state index < -0.39 is 0 Å². The standard InChI is InChI=1S/C8H7Cl2N3O/c1-2-7(14)11-4-5-3-6(9)12-13-8(5)10/h2-3H,1,4H2,(H,11,14). The molecule has 0 saturated heterocycles. The van der Waals surface area contributed by atoms with E-state index in [-0.39, 0.29) is 22.8 Å². The number of aromatic nitrogens is 2. The molecule has 0 aliphatic carbocycles. The van der Waals surface area contributed by atoms with Crippen LogP contribution >= 0.6 is 23.2 Å². The van der Waals surface area contributed by atoms with Crippen LogP contribution in [-0.4, -0.2) is 16.1 Å². The largest absolute Gasteiger partial charge is 0.348 e. The minimum Gasteiger partial charge on any atom is -0.348 e. The molecule has 0 unspecified atom stereocenters. The highest BCUT2D eigenvalue weighted by Crippen LogP contribution is 2.14. The Morgan fingerprint density at radius 1 is 1.57 bits per heavy atom. The van der Waals surface area contributed by atoms with E-state index in [0.717, 1.165) is 0 Å². The number of halogens is 2. The molecule has 0 aromatic carbocycles. The lowest BCUT2D eigenvalue weighted by Crippen LogP contribution is -2.20. The summed E-state index contributed by atoms with van der Waals surface area (Å²) >= 11 is 11.3. The summed E-state index contributed by atoms with van der Waals surface area (Å²) in [6.45, 7) is 3.56. The van der Waals surface area contributed by atoms with Gasteiger partial charge in [0.25, 0.3) is 0 Å². The van der Waals surface area contributed by atoms with Crippen molar-refractivity contribution in [3.63, 3.8) is 0 Å². The van der Waals surface area contributed by atoms with E-state index in [2.05, 4.69) is 22.1 Å². The maximum absolute atomic E-state index is 10.8. The first kappa shape index (κ1) is 10.9. The molecule has 1 amide bonds. The third-order valence-corrected chi connectivity index (χ3v) is 1.93. The number of nitrogens with one attached hydrogen (secondary N) is 1. The highest BCUT2D eigenvalue weighted by atomic mass is 35.5. The monoisotopic (exact) mass is 231 g/mol. The molecule has 1 aromatic heterocycles. The summed E-state index contributed by atoms with van der Waals surface area (Å²) in [6, 6.07) is 1.54. The van der Waals surface area contributed by atoms with Gasteiger partial charge in [-0.1, -0.05) is 29.8 Å². The van der Waals surface area contributed by atoms with Crippen molar-refractivity contribution in [1.82, 2.24) is 15.5 Å². The Morgan fingerprint density at radius 2 is 2.29 bits per heavy atom. The van der Waals surface area contributed by atoms with Crippen LogP contribution in [-0.2, 0) is 11.3 Å². The van der Waals surface area contributed by atoms with Crippen LogP contribution in [0.25, 0.3) is 0 Å². The molecule has 1 heterocycles. The van der Waals surface area contributed by atoms with Crippen molar-refractivity contribution in [3.05, 3.63) is 34.6 Å². The van der Waals surface area contributed by atoms with Crippen molar-refractivity contribution in [3.8, 4) is 0 Å². The predicted octanol–water partition coefficient (Wildman–Crippen LogP) is 1.59. The lowest BCUT2D eigenvalue weighted by atomic mass is 10.3. The third kappa shape index (κ3) is 2.97. The normalized spacial score (nSPS) is 9.57. The van der Waals surface area contributed by atoms with Crippen LogP contribution in [0.3, 0.4) is 0 Å². The summed E-state index contributed by atoms with van der Waals surface area (Å²) in [6.07, 6.45) is 1.17. The van der Waals surface area contributed by atoms with Crippen molar-refractivity contribution >= 4 is 29.1 Å². The van der Waals surface area contributed by atoms with E-state index >= 15 is 0 Å². The van der Waals surface area contributed by atoms with Crippen molar-refractivity contribution in [2.75, 3.05) is 0 Å². The number of amides is 1. The second kappa shape index (κ2) is 4.93. The van der Waals surface area contributed by atoms with Crippen LogP contribution < -0.4 is 5.32 Å². The van der Waals surface area contributed by atoms with Gasteiger partial charge in [-0.25, -0.2) is 0 Å². The fraction of sp³-hybridized carbons (Fsp3) is 0.125. The van der Waals surface area contributed by atoms with Crippen LogP contribution in [0.4, 0.5) is 0 Å². The van der Waals surface area contributed by atoms with Gasteiger partial charge in [-0.2, -0.15) is 0 Å². The van der Waals surface area contributed by atoms with E-state index in [0.29, 0.717) is 5.56 Å². The van der Waals surface area contributed by atoms with Gasteiger partial charge < -0.3 is 5.32 Å². The number of carbonyl (C=O) groups excluding carboxylic acids is 1. The Morgan fingerprint density at radius 3 is 2.93 bits per heavy atom. The Kier molecular flexibility index (Phi) is 3.85. The summed E-state index contributed by atoms with van der Waals surface area (Å²) in [5.74, 6) is -0.283. The second-order valence-corrected chi connectivity index (χ2v) is 3.15. The molecule has 0 atom stereocenters. The first-order valence-corrected chi connectivity index (χ1v) is 4.47. The number of carbonyl (C=O) groups is 1. The average molecular weight is 232 g/mol. The molecule has 14 heavy (non-hydrogen) atoms. The number of rotatable bonds is 3. The van der Waals surface area contributed by atoms with E-state index in [1.165, 1.54) is 6.08 Å². The van der Waals surface area contributed by atoms with Crippen LogP contribution in [0, 0.1) is 0 Å². The van der Waals surface area contributed by atoms with Gasteiger partial charge in [0, 0.05) is 12.1 Å². The molecule has 0 fully saturated rings. The average Bonchev–Trinajstić information content (AvgIpc) is 2.19. The first-order valence-electron chi connectivity index (χ1n) is 3.71. The van der Waals surface area contributed by atoms with Gasteiger partial charge in [0.05, 0.1) is 0 Å². The van der Waals surface area contributed by atoms with Crippen LogP contribution in [0.1, 0.15) is 5.56 Å². The highest BCUT2D eigenvalue weighted by molar-refractivity contribution is 6.31. The second-order valence-electron chi connectivity index (χ2n) is 2.41. The highest BCUT2D eigenvalue weighted by Gasteiger charge is 2.04. The van der Waals surface area contributed by atoms with Crippen molar-refractivity contribution < 1.29 is 4.79 Å². The van der Waals surface area contributed by atoms with E-state index in [1.807, 2.05) is 0 Å². The number of nitrogens with zero attached hydrogens (tertiary/aromatic N) is 2. The fourth-order valence-corrected chi connectivity index (χ4v) is 1.10. The smallest absolute Gasteiger partial charge is 0.243 e. The lowest BCUT2D eigenvalue weighted by molar-refractivity contribution is -0.116. The summed E-state index contributed by atoms with van der Waals surface area (Å²) in [5.41, 5.74) is 0.613. The SMILES string of the molecule is C=CC(=O)NCc1cc(Cl)nnc1Cl. The quantitative estimate of drug-likeness (QED) is 0.805. The van der Waals surface area contributed by atoms with Crippen molar-refractivity contribution in [1.29, 1.82) is 0 Å². The number of hydrogen-bond donors (Lipinski definition) is 1. The zero-order valence-corrected chi connectivity index (χ0v) is 8.64. The maximum atomic E-state index is 10.8. The maximum Gasteiger partial charge on any atom is 0.243 e. The Labute approximate surface area is 90.9 Å².